The number of carbonyl (C=O) groups excluding carboxylic acids is 2. The van der Waals surface area contributed by atoms with Crippen molar-refractivity contribution >= 4 is 23.2 Å². The number of ether oxygens (including phenoxy) is 2. The van der Waals surface area contributed by atoms with E-state index in [9.17, 15) is 9.59 Å². The highest BCUT2D eigenvalue weighted by atomic mass is 16.6. The van der Waals surface area contributed by atoms with E-state index in [0.29, 0.717) is 25.2 Å². The van der Waals surface area contributed by atoms with Crippen molar-refractivity contribution in [3.05, 3.63) is 89.7 Å². The van der Waals surface area contributed by atoms with Crippen molar-refractivity contribution < 1.29 is 19.1 Å². The number of hydrogen-bond acceptors (Lipinski definition) is 5. The van der Waals surface area contributed by atoms with Crippen LogP contribution in [0.5, 0.6) is 0 Å². The normalized spacial score (nSPS) is 13.4. The number of H-pyrrole nitrogens is 1. The summed E-state index contributed by atoms with van der Waals surface area (Å²) < 4.78 is 11.1. The van der Waals surface area contributed by atoms with Gasteiger partial charge in [-0.05, 0) is 68.0 Å². The number of alkyl carbamates (subject to hydrolysis) is 2. The van der Waals surface area contributed by atoms with Crippen LogP contribution >= 0.6 is 0 Å². The zero-order valence-electron chi connectivity index (χ0n) is 22.5. The molecule has 39 heavy (non-hydrogen) atoms. The lowest BCUT2D eigenvalue weighted by Crippen LogP contribution is -2.34. The first-order valence-electron chi connectivity index (χ1n) is 13.3. The van der Waals surface area contributed by atoms with Crippen LogP contribution in [0.2, 0.25) is 0 Å². The second-order valence-electron chi connectivity index (χ2n) is 10.7. The Labute approximate surface area is 228 Å². The Bertz CT molecular complexity index is 1390. The highest BCUT2D eigenvalue weighted by Gasteiger charge is 2.29. The first kappa shape index (κ1) is 26.3. The minimum absolute atomic E-state index is 0.0224. The van der Waals surface area contributed by atoms with Crippen molar-refractivity contribution in [1.29, 1.82) is 0 Å². The van der Waals surface area contributed by atoms with Gasteiger partial charge in [-0.3, -0.25) is 0 Å². The van der Waals surface area contributed by atoms with Gasteiger partial charge in [0.15, 0.2) is 0 Å². The summed E-state index contributed by atoms with van der Waals surface area (Å²) >= 11 is 0. The van der Waals surface area contributed by atoms with Gasteiger partial charge in [0.2, 0.25) is 0 Å². The molecule has 1 heterocycles. The van der Waals surface area contributed by atoms with Crippen molar-refractivity contribution in [2.45, 2.75) is 51.2 Å². The van der Waals surface area contributed by atoms with Crippen LogP contribution in [0.4, 0.5) is 9.59 Å². The zero-order valence-corrected chi connectivity index (χ0v) is 22.5. The van der Waals surface area contributed by atoms with Crippen LogP contribution in [0.1, 0.15) is 62.5 Å². The number of fused-ring (bicyclic) bond motifs is 4. The van der Waals surface area contributed by atoms with Gasteiger partial charge in [0, 0.05) is 12.5 Å². The Morgan fingerprint density at radius 3 is 2.23 bits per heavy atom. The van der Waals surface area contributed by atoms with Gasteiger partial charge in [-0.15, -0.1) is 0 Å². The maximum absolute atomic E-state index is 13.1. The molecule has 0 saturated carbocycles. The number of imidazole rings is 1. The molecule has 8 heteroatoms. The number of aromatic nitrogens is 2. The Kier molecular flexibility index (Phi) is 7.54. The van der Waals surface area contributed by atoms with Crippen molar-refractivity contribution in [3.63, 3.8) is 0 Å². The maximum Gasteiger partial charge on any atom is 0.407 e. The predicted octanol–water partition coefficient (Wildman–Crippen LogP) is 6.45. The third kappa shape index (κ3) is 6.22. The first-order valence-corrected chi connectivity index (χ1v) is 13.3. The monoisotopic (exact) mass is 526 g/mol. The molecule has 3 aromatic carbocycles. The van der Waals surface area contributed by atoms with Crippen molar-refractivity contribution in [3.8, 4) is 11.1 Å². The summed E-state index contributed by atoms with van der Waals surface area (Å²) in [5.41, 5.74) is 5.83. The second kappa shape index (κ2) is 11.2. The second-order valence-corrected chi connectivity index (χ2v) is 10.7. The van der Waals surface area contributed by atoms with E-state index in [1.165, 1.54) is 11.1 Å². The van der Waals surface area contributed by atoms with E-state index in [0.717, 1.165) is 22.2 Å². The van der Waals surface area contributed by atoms with Gasteiger partial charge in [-0.2, -0.15) is 0 Å². The van der Waals surface area contributed by atoms with Crippen LogP contribution in [-0.2, 0) is 9.47 Å². The third-order valence-electron chi connectivity index (χ3n) is 6.71. The third-order valence-corrected chi connectivity index (χ3v) is 6.71. The van der Waals surface area contributed by atoms with Crippen LogP contribution in [0.15, 0.2) is 72.8 Å². The molecule has 1 aliphatic carbocycles. The van der Waals surface area contributed by atoms with Crippen molar-refractivity contribution in [1.82, 2.24) is 20.6 Å². The Morgan fingerprint density at radius 2 is 1.56 bits per heavy atom. The molecule has 4 aromatic rings. The highest BCUT2D eigenvalue weighted by Crippen LogP contribution is 2.44. The fourth-order valence-corrected chi connectivity index (χ4v) is 5.01. The maximum atomic E-state index is 13.1. The summed E-state index contributed by atoms with van der Waals surface area (Å²) in [5, 5.41) is 5.76. The first-order chi connectivity index (χ1) is 18.8. The Hall–Kier alpha value is -4.33. The molecular weight excluding hydrogens is 492 g/mol. The lowest BCUT2D eigenvalue weighted by Gasteiger charge is -2.20. The predicted molar refractivity (Wildman–Crippen MR) is 151 cm³/mol. The van der Waals surface area contributed by atoms with Gasteiger partial charge in [0.1, 0.15) is 18.0 Å². The topological polar surface area (TPSA) is 105 Å². The van der Waals surface area contributed by atoms with Gasteiger partial charge < -0.3 is 25.1 Å². The van der Waals surface area contributed by atoms with Gasteiger partial charge in [-0.25, -0.2) is 14.6 Å². The van der Waals surface area contributed by atoms with E-state index in [2.05, 4.69) is 44.9 Å². The fourth-order valence-electron chi connectivity index (χ4n) is 5.01. The van der Waals surface area contributed by atoms with E-state index in [-0.39, 0.29) is 12.5 Å². The minimum atomic E-state index is -0.563. The molecule has 5 rings (SSSR count). The smallest absolute Gasteiger partial charge is 0.407 e. The van der Waals surface area contributed by atoms with Gasteiger partial charge in [-0.1, -0.05) is 60.7 Å². The molecule has 0 spiro atoms. The molecule has 0 radical (unpaired) electrons. The highest BCUT2D eigenvalue weighted by molar-refractivity contribution is 5.79. The molecule has 3 N–H and O–H groups in total. The molecule has 0 unspecified atom stereocenters. The summed E-state index contributed by atoms with van der Waals surface area (Å²) in [7, 11) is 0. The zero-order chi connectivity index (χ0) is 27.4. The van der Waals surface area contributed by atoms with Gasteiger partial charge >= 0.3 is 12.2 Å². The lowest BCUT2D eigenvalue weighted by molar-refractivity contribution is 0.0526. The number of para-hydroxylation sites is 2. The molecule has 1 atom stereocenters. The number of benzene rings is 3. The van der Waals surface area contributed by atoms with Crippen LogP contribution in [-0.4, -0.2) is 40.9 Å². The number of nitrogens with zero attached hydrogens (tertiary/aromatic N) is 1. The molecule has 0 aliphatic heterocycles. The van der Waals surface area contributed by atoms with Crippen molar-refractivity contribution in [2.24, 2.45) is 0 Å². The van der Waals surface area contributed by atoms with E-state index in [1.54, 1.807) is 0 Å². The SMILES string of the molecule is CC(C)(C)OC(=O)NCCC[C@H](NC(=O)OCC1c2ccccc2-c2ccccc21)c1nc2ccccc2[nH]1. The Balaban J connectivity index is 1.24. The van der Waals surface area contributed by atoms with Crippen LogP contribution in [0.3, 0.4) is 0 Å². The summed E-state index contributed by atoms with van der Waals surface area (Å²) in [6, 6.07) is 23.8. The molecular formula is C31H34N4O4. The molecule has 0 bridgehead atoms. The number of amides is 2. The van der Waals surface area contributed by atoms with E-state index < -0.39 is 23.8 Å². The summed E-state index contributed by atoms with van der Waals surface area (Å²) in [6.07, 6.45) is 0.166. The number of nitrogens with one attached hydrogen (secondary N) is 3. The van der Waals surface area contributed by atoms with Crippen LogP contribution in [0.25, 0.3) is 22.2 Å². The number of aromatic amines is 1. The standard InChI is InChI=1S/C31H34N4O4/c1-31(2,3)39-29(36)32-18-10-17-27(28-33-25-15-8-9-16-26(25)34-28)35-30(37)38-19-24-22-13-6-4-11-20(22)21-12-5-7-14-23(21)24/h4-9,11-16,24,27H,10,17-19H2,1-3H3,(H,32,36)(H,33,34)(H,35,37)/t27-/m0/s1. The molecule has 1 aromatic heterocycles. The number of hydrogen-bond donors (Lipinski definition) is 3. The quantitative estimate of drug-likeness (QED) is 0.229. The number of rotatable bonds is 8. The van der Waals surface area contributed by atoms with E-state index in [4.69, 9.17) is 9.47 Å². The fraction of sp³-hybridized carbons (Fsp3) is 0.323. The summed E-state index contributed by atoms with van der Waals surface area (Å²) in [6.45, 7) is 6.10. The molecule has 2 amide bonds. The van der Waals surface area contributed by atoms with E-state index in [1.807, 2.05) is 69.3 Å². The molecule has 0 fully saturated rings. The van der Waals surface area contributed by atoms with Crippen LogP contribution < -0.4 is 10.6 Å². The molecule has 0 saturated heterocycles. The minimum Gasteiger partial charge on any atom is -0.449 e. The largest absolute Gasteiger partial charge is 0.449 e. The van der Waals surface area contributed by atoms with Gasteiger partial charge in [0.05, 0.1) is 17.1 Å². The van der Waals surface area contributed by atoms with Crippen molar-refractivity contribution in [2.75, 3.05) is 13.2 Å². The average molecular weight is 527 g/mol. The molecule has 202 valence electrons. The number of carbonyl (C=O) groups is 2. The van der Waals surface area contributed by atoms with Crippen LogP contribution in [0, 0.1) is 0 Å². The Morgan fingerprint density at radius 1 is 0.923 bits per heavy atom. The summed E-state index contributed by atoms with van der Waals surface area (Å²) in [4.78, 5) is 33.1. The summed E-state index contributed by atoms with van der Waals surface area (Å²) in [5.74, 6) is 0.618. The van der Waals surface area contributed by atoms with E-state index >= 15 is 0 Å². The van der Waals surface area contributed by atoms with Gasteiger partial charge in [0.25, 0.3) is 0 Å². The molecule has 8 nitrogen and oxygen atoms in total. The molecule has 1 aliphatic rings. The average Bonchev–Trinajstić information content (AvgIpc) is 3.48. The lowest BCUT2D eigenvalue weighted by atomic mass is 9.98.